The van der Waals surface area contributed by atoms with Gasteiger partial charge in [0.05, 0.1) is 5.69 Å². The van der Waals surface area contributed by atoms with E-state index in [4.69, 9.17) is 0 Å². The molecule has 0 aromatic heterocycles. The van der Waals surface area contributed by atoms with Crippen LogP contribution in [0.3, 0.4) is 0 Å². The highest BCUT2D eigenvalue weighted by atomic mass is 15.8. The van der Waals surface area contributed by atoms with Gasteiger partial charge in [0, 0.05) is 7.05 Å². The third kappa shape index (κ3) is 1.35. The molecule has 4 nitrogen and oxygen atoms in total. The summed E-state index contributed by atoms with van der Waals surface area (Å²) in [7, 11) is 1.91. The van der Waals surface area contributed by atoms with Crippen molar-refractivity contribution in [2.45, 2.75) is 13.1 Å². The van der Waals surface area contributed by atoms with Crippen LogP contribution in [0.15, 0.2) is 40.8 Å². The van der Waals surface area contributed by atoms with Crippen molar-refractivity contribution >= 4 is 5.69 Å². The summed E-state index contributed by atoms with van der Waals surface area (Å²) in [5, 5.41) is 11.7. The van der Waals surface area contributed by atoms with E-state index in [1.807, 2.05) is 47.4 Å². The molecule has 0 radical (unpaired) electrons. The first-order chi connectivity index (χ1) is 6.29. The number of rotatable bonds is 1. The molecule has 0 bridgehead atoms. The summed E-state index contributed by atoms with van der Waals surface area (Å²) in [5.74, 6) is 0. The molecule has 0 amide bonds. The van der Waals surface area contributed by atoms with Crippen LogP contribution < -0.4 is 5.01 Å². The minimum atomic E-state index is 0.197. The van der Waals surface area contributed by atoms with Crippen LogP contribution >= 0.6 is 0 Å². The fraction of sp³-hybridized carbons (Fsp3) is 0.333. The molecule has 4 heteroatoms. The minimum Gasteiger partial charge on any atom is -0.256 e. The number of para-hydroxylation sites is 1. The maximum atomic E-state index is 4.05. The molecule has 68 valence electrons. The summed E-state index contributed by atoms with van der Waals surface area (Å²) in [6.45, 7) is 2.06. The van der Waals surface area contributed by atoms with Crippen LogP contribution in [-0.2, 0) is 0 Å². The standard InChI is InChI=1S/C9H12N4/c1-8-12(2)10-11-13(8)9-6-4-3-5-7-9/h3-8H,1-2H3. The fourth-order valence-electron chi connectivity index (χ4n) is 1.26. The molecule has 1 aliphatic heterocycles. The second-order valence-corrected chi connectivity index (χ2v) is 3.06. The Hall–Kier alpha value is -1.58. The third-order valence-corrected chi connectivity index (χ3v) is 2.19. The van der Waals surface area contributed by atoms with Gasteiger partial charge in [-0.25, -0.2) is 5.01 Å². The highest BCUT2D eigenvalue weighted by molar-refractivity contribution is 5.45. The molecule has 0 saturated heterocycles. The highest BCUT2D eigenvalue weighted by Crippen LogP contribution is 2.22. The third-order valence-electron chi connectivity index (χ3n) is 2.19. The Balaban J connectivity index is 2.24. The van der Waals surface area contributed by atoms with E-state index in [1.54, 1.807) is 0 Å². The molecular weight excluding hydrogens is 164 g/mol. The normalized spacial score (nSPS) is 21.2. The summed E-state index contributed by atoms with van der Waals surface area (Å²) in [4.78, 5) is 0. The fourth-order valence-corrected chi connectivity index (χ4v) is 1.26. The molecule has 1 aromatic rings. The second-order valence-electron chi connectivity index (χ2n) is 3.06. The van der Waals surface area contributed by atoms with Gasteiger partial charge < -0.3 is 0 Å². The van der Waals surface area contributed by atoms with Gasteiger partial charge in [-0.05, 0) is 24.3 Å². The molecule has 0 aliphatic carbocycles. The smallest absolute Gasteiger partial charge is 0.139 e. The molecule has 0 fully saturated rings. The van der Waals surface area contributed by atoms with Crippen molar-refractivity contribution in [3.8, 4) is 0 Å². The van der Waals surface area contributed by atoms with Gasteiger partial charge in [0.15, 0.2) is 0 Å². The van der Waals surface area contributed by atoms with Crippen molar-refractivity contribution in [2.75, 3.05) is 12.1 Å². The van der Waals surface area contributed by atoms with Crippen molar-refractivity contribution in [3.63, 3.8) is 0 Å². The average molecular weight is 176 g/mol. The predicted octanol–water partition coefficient (Wildman–Crippen LogP) is 2.07. The minimum absolute atomic E-state index is 0.197. The Bertz CT molecular complexity index is 309. The number of hydrogen-bond acceptors (Lipinski definition) is 4. The molecule has 0 N–H and O–H groups in total. The molecule has 13 heavy (non-hydrogen) atoms. The number of anilines is 1. The first-order valence-electron chi connectivity index (χ1n) is 4.28. The van der Waals surface area contributed by atoms with Gasteiger partial charge in [-0.3, -0.25) is 5.01 Å². The van der Waals surface area contributed by atoms with Gasteiger partial charge in [-0.1, -0.05) is 23.4 Å². The van der Waals surface area contributed by atoms with Gasteiger partial charge in [0.25, 0.3) is 0 Å². The molecule has 2 rings (SSSR count). The maximum Gasteiger partial charge on any atom is 0.139 e. The quantitative estimate of drug-likeness (QED) is 0.655. The topological polar surface area (TPSA) is 31.2 Å². The number of benzene rings is 1. The molecular formula is C9H12N4. The number of hydrogen-bond donors (Lipinski definition) is 0. The van der Waals surface area contributed by atoms with E-state index in [1.165, 1.54) is 0 Å². The SMILES string of the molecule is CC1N(C)N=NN1c1ccccc1. The highest BCUT2D eigenvalue weighted by Gasteiger charge is 2.22. The van der Waals surface area contributed by atoms with Crippen LogP contribution in [0.25, 0.3) is 0 Å². The van der Waals surface area contributed by atoms with Gasteiger partial charge >= 0.3 is 0 Å². The van der Waals surface area contributed by atoms with E-state index in [0.717, 1.165) is 5.69 Å². The molecule has 1 heterocycles. The van der Waals surface area contributed by atoms with Gasteiger partial charge in [0.1, 0.15) is 6.17 Å². The van der Waals surface area contributed by atoms with E-state index in [-0.39, 0.29) is 6.17 Å². The Morgan fingerprint density at radius 2 is 1.85 bits per heavy atom. The van der Waals surface area contributed by atoms with Crippen molar-refractivity contribution in [1.82, 2.24) is 5.01 Å². The maximum absolute atomic E-state index is 4.05. The zero-order valence-corrected chi connectivity index (χ0v) is 7.75. The zero-order chi connectivity index (χ0) is 9.26. The van der Waals surface area contributed by atoms with E-state index in [9.17, 15) is 0 Å². The molecule has 1 aromatic carbocycles. The van der Waals surface area contributed by atoms with Crippen molar-refractivity contribution in [2.24, 2.45) is 10.4 Å². The summed E-state index contributed by atoms with van der Waals surface area (Å²) >= 11 is 0. The Morgan fingerprint density at radius 1 is 1.15 bits per heavy atom. The van der Waals surface area contributed by atoms with Crippen LogP contribution in [0.4, 0.5) is 5.69 Å². The lowest BCUT2D eigenvalue weighted by Gasteiger charge is -2.21. The Kier molecular flexibility index (Phi) is 1.88. The van der Waals surface area contributed by atoms with Crippen LogP contribution in [0.2, 0.25) is 0 Å². The predicted molar refractivity (Wildman–Crippen MR) is 51.0 cm³/mol. The first-order valence-corrected chi connectivity index (χ1v) is 4.28. The summed E-state index contributed by atoms with van der Waals surface area (Å²) in [6.07, 6.45) is 0.197. The van der Waals surface area contributed by atoms with Crippen molar-refractivity contribution in [1.29, 1.82) is 0 Å². The first kappa shape index (κ1) is 8.04. The lowest BCUT2D eigenvalue weighted by molar-refractivity contribution is 0.303. The van der Waals surface area contributed by atoms with Crippen LogP contribution in [-0.4, -0.2) is 18.2 Å². The largest absolute Gasteiger partial charge is 0.256 e. The lowest BCUT2D eigenvalue weighted by Crippen LogP contribution is -2.33. The zero-order valence-electron chi connectivity index (χ0n) is 7.75. The van der Waals surface area contributed by atoms with E-state index < -0.39 is 0 Å². The van der Waals surface area contributed by atoms with Gasteiger partial charge in [0.2, 0.25) is 0 Å². The van der Waals surface area contributed by atoms with E-state index in [2.05, 4.69) is 17.4 Å². The summed E-state index contributed by atoms with van der Waals surface area (Å²) < 4.78 is 0. The van der Waals surface area contributed by atoms with Gasteiger partial charge in [-0.15, -0.1) is 0 Å². The molecule has 1 atom stereocenters. The van der Waals surface area contributed by atoms with Crippen LogP contribution in [0, 0.1) is 0 Å². The molecule has 1 aliphatic rings. The summed E-state index contributed by atoms with van der Waals surface area (Å²) in [5.41, 5.74) is 1.07. The van der Waals surface area contributed by atoms with Crippen LogP contribution in [0.5, 0.6) is 0 Å². The van der Waals surface area contributed by atoms with E-state index in [0.29, 0.717) is 0 Å². The summed E-state index contributed by atoms with van der Waals surface area (Å²) in [6, 6.07) is 10.0. The van der Waals surface area contributed by atoms with Gasteiger partial charge in [-0.2, -0.15) is 0 Å². The molecule has 0 saturated carbocycles. The lowest BCUT2D eigenvalue weighted by atomic mass is 10.3. The monoisotopic (exact) mass is 176 g/mol. The van der Waals surface area contributed by atoms with Crippen molar-refractivity contribution in [3.05, 3.63) is 30.3 Å². The van der Waals surface area contributed by atoms with E-state index >= 15 is 0 Å². The number of nitrogens with zero attached hydrogens (tertiary/aromatic N) is 4. The molecule has 0 spiro atoms. The molecule has 1 unspecified atom stereocenters. The Labute approximate surface area is 77.4 Å². The van der Waals surface area contributed by atoms with Crippen molar-refractivity contribution < 1.29 is 0 Å². The average Bonchev–Trinajstić information content (AvgIpc) is 2.49. The van der Waals surface area contributed by atoms with Crippen LogP contribution in [0.1, 0.15) is 6.92 Å². The second kappa shape index (κ2) is 3.05. The Morgan fingerprint density at radius 3 is 2.38 bits per heavy atom.